The standard InChI is InChI=1S/C25H27FN4O3S/c1-29(20-8-4-2-5-9-20)22(31)16-33-23(32)17-34-25-28-27-24(18-12-14-19(26)15-13-18)30(25)21-10-6-3-7-11-21/h3,6-7,10-15,20H,2,4-5,8-9,16-17H2,1H3. The first-order valence-electron chi connectivity index (χ1n) is 11.3. The number of amides is 1. The highest BCUT2D eigenvalue weighted by molar-refractivity contribution is 7.99. The highest BCUT2D eigenvalue weighted by atomic mass is 32.2. The highest BCUT2D eigenvalue weighted by Crippen LogP contribution is 2.28. The smallest absolute Gasteiger partial charge is 0.316 e. The minimum atomic E-state index is -0.499. The van der Waals surface area contributed by atoms with Gasteiger partial charge in [-0.05, 0) is 49.2 Å². The number of rotatable bonds is 8. The Kier molecular flexibility index (Phi) is 7.95. The van der Waals surface area contributed by atoms with Crippen molar-refractivity contribution in [3.8, 4) is 17.1 Å². The van der Waals surface area contributed by atoms with Crippen LogP contribution in [-0.2, 0) is 14.3 Å². The van der Waals surface area contributed by atoms with Crippen LogP contribution in [0.3, 0.4) is 0 Å². The van der Waals surface area contributed by atoms with Crippen LogP contribution in [0.2, 0.25) is 0 Å². The maximum Gasteiger partial charge on any atom is 0.316 e. The molecule has 1 aliphatic rings. The van der Waals surface area contributed by atoms with Crippen LogP contribution in [-0.4, -0.2) is 57.0 Å². The summed E-state index contributed by atoms with van der Waals surface area (Å²) in [4.78, 5) is 26.5. The van der Waals surface area contributed by atoms with E-state index in [1.165, 1.54) is 30.3 Å². The van der Waals surface area contributed by atoms with Gasteiger partial charge < -0.3 is 9.64 Å². The van der Waals surface area contributed by atoms with Gasteiger partial charge in [-0.3, -0.25) is 14.2 Å². The quantitative estimate of drug-likeness (QED) is 0.348. The number of para-hydroxylation sites is 1. The van der Waals surface area contributed by atoms with Gasteiger partial charge in [0.15, 0.2) is 17.6 Å². The summed E-state index contributed by atoms with van der Waals surface area (Å²) in [6.07, 6.45) is 5.46. The van der Waals surface area contributed by atoms with Gasteiger partial charge in [-0.1, -0.05) is 49.2 Å². The lowest BCUT2D eigenvalue weighted by Crippen LogP contribution is -2.40. The van der Waals surface area contributed by atoms with E-state index in [0.717, 1.165) is 31.4 Å². The van der Waals surface area contributed by atoms with E-state index in [9.17, 15) is 14.0 Å². The third-order valence-corrected chi connectivity index (χ3v) is 6.84. The van der Waals surface area contributed by atoms with Crippen LogP contribution in [0.1, 0.15) is 32.1 Å². The SMILES string of the molecule is CN(C(=O)COC(=O)CSc1nnc(-c2ccc(F)cc2)n1-c1ccccc1)C1CCCCC1. The Labute approximate surface area is 202 Å². The Morgan fingerprint density at radius 1 is 1.06 bits per heavy atom. The van der Waals surface area contributed by atoms with E-state index in [2.05, 4.69) is 10.2 Å². The molecule has 3 aromatic rings. The number of aromatic nitrogens is 3. The molecule has 0 unspecified atom stereocenters. The number of hydrogen-bond acceptors (Lipinski definition) is 6. The van der Waals surface area contributed by atoms with Gasteiger partial charge in [0.05, 0.1) is 5.75 Å². The van der Waals surface area contributed by atoms with Crippen molar-refractivity contribution in [3.63, 3.8) is 0 Å². The third kappa shape index (κ3) is 5.83. The summed E-state index contributed by atoms with van der Waals surface area (Å²) in [5.74, 6) is -0.506. The van der Waals surface area contributed by atoms with Gasteiger partial charge in [-0.2, -0.15) is 0 Å². The van der Waals surface area contributed by atoms with Crippen LogP contribution in [0.25, 0.3) is 17.1 Å². The topological polar surface area (TPSA) is 77.3 Å². The molecule has 0 saturated heterocycles. The van der Waals surface area contributed by atoms with Crippen molar-refractivity contribution in [1.29, 1.82) is 0 Å². The molecule has 1 fully saturated rings. The highest BCUT2D eigenvalue weighted by Gasteiger charge is 2.23. The largest absolute Gasteiger partial charge is 0.455 e. The van der Waals surface area contributed by atoms with E-state index in [1.54, 1.807) is 24.1 Å². The summed E-state index contributed by atoms with van der Waals surface area (Å²) in [6.45, 7) is -0.265. The molecular formula is C25H27FN4O3S. The number of esters is 1. The molecule has 1 heterocycles. The molecule has 7 nitrogen and oxygen atoms in total. The van der Waals surface area contributed by atoms with Crippen molar-refractivity contribution in [2.75, 3.05) is 19.4 Å². The van der Waals surface area contributed by atoms with Crippen LogP contribution in [0.15, 0.2) is 59.8 Å². The number of carbonyl (C=O) groups is 2. The van der Waals surface area contributed by atoms with E-state index in [-0.39, 0.29) is 30.1 Å². The Balaban J connectivity index is 1.41. The molecule has 1 amide bonds. The molecule has 178 valence electrons. The Hall–Kier alpha value is -3.20. The Morgan fingerprint density at radius 3 is 2.47 bits per heavy atom. The lowest BCUT2D eigenvalue weighted by atomic mass is 9.94. The van der Waals surface area contributed by atoms with Crippen LogP contribution in [0.4, 0.5) is 4.39 Å². The Morgan fingerprint density at radius 2 is 1.76 bits per heavy atom. The zero-order valence-electron chi connectivity index (χ0n) is 19.0. The zero-order chi connectivity index (χ0) is 23.9. The van der Waals surface area contributed by atoms with Crippen LogP contribution in [0, 0.1) is 5.82 Å². The summed E-state index contributed by atoms with van der Waals surface area (Å²) in [5, 5.41) is 9.02. The number of halogens is 1. The van der Waals surface area contributed by atoms with Crippen molar-refractivity contribution in [2.24, 2.45) is 0 Å². The van der Waals surface area contributed by atoms with Crippen LogP contribution >= 0.6 is 11.8 Å². The van der Waals surface area contributed by atoms with Crippen LogP contribution < -0.4 is 0 Å². The molecule has 0 spiro atoms. The molecule has 1 aromatic heterocycles. The second kappa shape index (κ2) is 11.3. The summed E-state index contributed by atoms with van der Waals surface area (Å²) < 4.78 is 20.5. The van der Waals surface area contributed by atoms with Crippen LogP contribution in [0.5, 0.6) is 0 Å². The van der Waals surface area contributed by atoms with E-state index in [1.807, 2.05) is 34.9 Å². The fraction of sp³-hybridized carbons (Fsp3) is 0.360. The first-order chi connectivity index (χ1) is 16.5. The van der Waals surface area contributed by atoms with Crippen molar-refractivity contribution in [1.82, 2.24) is 19.7 Å². The molecule has 4 rings (SSSR count). The summed E-state index contributed by atoms with van der Waals surface area (Å²) in [6, 6.07) is 15.7. The predicted octanol–water partition coefficient (Wildman–Crippen LogP) is 4.50. The van der Waals surface area contributed by atoms with Gasteiger partial charge in [0, 0.05) is 24.3 Å². The van der Waals surface area contributed by atoms with Gasteiger partial charge in [-0.25, -0.2) is 4.39 Å². The van der Waals surface area contributed by atoms with Gasteiger partial charge in [0.1, 0.15) is 5.82 Å². The summed E-state index contributed by atoms with van der Waals surface area (Å²) in [7, 11) is 1.78. The number of ether oxygens (including phenoxy) is 1. The molecule has 0 bridgehead atoms. The van der Waals surface area contributed by atoms with E-state index >= 15 is 0 Å². The lowest BCUT2D eigenvalue weighted by Gasteiger charge is -2.31. The lowest BCUT2D eigenvalue weighted by molar-refractivity contribution is -0.150. The first-order valence-corrected chi connectivity index (χ1v) is 12.3. The van der Waals surface area contributed by atoms with Crippen molar-refractivity contribution in [2.45, 2.75) is 43.3 Å². The van der Waals surface area contributed by atoms with E-state index in [4.69, 9.17) is 4.74 Å². The molecule has 9 heteroatoms. The number of nitrogens with zero attached hydrogens (tertiary/aromatic N) is 4. The minimum Gasteiger partial charge on any atom is -0.455 e. The van der Waals surface area contributed by atoms with Crippen molar-refractivity contribution >= 4 is 23.6 Å². The fourth-order valence-corrected chi connectivity index (χ4v) is 4.79. The number of hydrogen-bond donors (Lipinski definition) is 0. The van der Waals surface area contributed by atoms with Gasteiger partial charge in [0.2, 0.25) is 0 Å². The summed E-state index contributed by atoms with van der Waals surface area (Å²) in [5.41, 5.74) is 1.51. The zero-order valence-corrected chi connectivity index (χ0v) is 19.8. The molecule has 1 aliphatic carbocycles. The minimum absolute atomic E-state index is 0.0190. The average Bonchev–Trinajstić information content (AvgIpc) is 3.31. The molecular weight excluding hydrogens is 455 g/mol. The molecule has 2 aromatic carbocycles. The molecule has 0 radical (unpaired) electrons. The average molecular weight is 483 g/mol. The maximum absolute atomic E-state index is 13.4. The van der Waals surface area contributed by atoms with Crippen molar-refractivity contribution < 1.29 is 18.7 Å². The Bertz CT molecular complexity index is 1110. The van der Waals surface area contributed by atoms with Gasteiger partial charge >= 0.3 is 5.97 Å². The second-order valence-corrected chi connectivity index (χ2v) is 9.17. The molecule has 1 saturated carbocycles. The van der Waals surface area contributed by atoms with Gasteiger partial charge in [-0.15, -0.1) is 10.2 Å². The number of likely N-dealkylation sites (N-methyl/N-ethyl adjacent to an activating group) is 1. The van der Waals surface area contributed by atoms with Gasteiger partial charge in [0.25, 0.3) is 5.91 Å². The normalized spacial score (nSPS) is 14.1. The molecule has 34 heavy (non-hydrogen) atoms. The van der Waals surface area contributed by atoms with E-state index in [0.29, 0.717) is 16.5 Å². The molecule has 0 aliphatic heterocycles. The predicted molar refractivity (Wildman–Crippen MR) is 128 cm³/mol. The number of thioether (sulfide) groups is 1. The number of benzene rings is 2. The molecule has 0 atom stereocenters. The van der Waals surface area contributed by atoms with E-state index < -0.39 is 5.97 Å². The monoisotopic (exact) mass is 482 g/mol. The summed E-state index contributed by atoms with van der Waals surface area (Å²) >= 11 is 1.17. The second-order valence-electron chi connectivity index (χ2n) is 8.23. The van der Waals surface area contributed by atoms with Crippen molar-refractivity contribution in [3.05, 3.63) is 60.4 Å². The third-order valence-electron chi connectivity index (χ3n) is 5.94. The number of carbonyl (C=O) groups excluding carboxylic acids is 2. The maximum atomic E-state index is 13.4. The fourth-order valence-electron chi connectivity index (χ4n) is 4.04. The first kappa shape index (κ1) is 23.9. The molecule has 0 N–H and O–H groups in total.